The second-order valence-corrected chi connectivity index (χ2v) is 6.14. The molecule has 3 aromatic rings. The average molecular weight is 359 g/mol. The molecule has 0 N–H and O–H groups in total. The van der Waals surface area contributed by atoms with E-state index in [2.05, 4.69) is 0 Å². The smallest absolute Gasteiger partial charge is 0.200 e. The van der Waals surface area contributed by atoms with Crippen molar-refractivity contribution in [3.63, 3.8) is 0 Å². The number of benzene rings is 2. The molecule has 25 heavy (non-hydrogen) atoms. The zero-order chi connectivity index (χ0) is 17.2. The van der Waals surface area contributed by atoms with Crippen LogP contribution in [0.15, 0.2) is 64.0 Å². The Morgan fingerprint density at radius 1 is 1.12 bits per heavy atom. The summed E-state index contributed by atoms with van der Waals surface area (Å²) in [4.78, 5) is 12.6. The Balaban J connectivity index is 1.44. The summed E-state index contributed by atoms with van der Waals surface area (Å²) in [6.45, 7) is 0.654. The minimum absolute atomic E-state index is 0.147. The molecule has 1 saturated heterocycles. The van der Waals surface area contributed by atoms with Gasteiger partial charge >= 0.3 is 0 Å². The molecular weight excluding hydrogens is 344 g/mol. The van der Waals surface area contributed by atoms with E-state index in [9.17, 15) is 4.79 Å². The van der Waals surface area contributed by atoms with E-state index in [4.69, 9.17) is 30.2 Å². The first-order valence-corrected chi connectivity index (χ1v) is 8.24. The standard InChI is InChI=1S/C19H15ClO5/c20-12-5-7-13(8-6-12)22-9-14-10-24-19(25-14)16-11-23-17-4-2-1-3-15(17)18(16)21/h1-8,11,14,19H,9-10H2/t14-,19-/m0/s1. The van der Waals surface area contributed by atoms with Crippen LogP contribution >= 0.6 is 11.6 Å². The number of ether oxygens (including phenoxy) is 3. The highest BCUT2D eigenvalue weighted by Gasteiger charge is 2.30. The van der Waals surface area contributed by atoms with Crippen LogP contribution in [0, 0.1) is 0 Å². The third-order valence-electron chi connectivity index (χ3n) is 3.96. The molecule has 2 aromatic carbocycles. The van der Waals surface area contributed by atoms with Crippen molar-refractivity contribution in [1.82, 2.24) is 0 Å². The summed E-state index contributed by atoms with van der Waals surface area (Å²) in [7, 11) is 0. The van der Waals surface area contributed by atoms with E-state index in [1.54, 1.807) is 42.5 Å². The van der Waals surface area contributed by atoms with Gasteiger partial charge in [0.2, 0.25) is 5.43 Å². The van der Waals surface area contributed by atoms with Crippen molar-refractivity contribution in [3.05, 3.63) is 75.6 Å². The average Bonchev–Trinajstić information content (AvgIpc) is 3.10. The molecule has 6 heteroatoms. The summed E-state index contributed by atoms with van der Waals surface area (Å²) in [5, 5.41) is 1.16. The number of hydrogen-bond acceptors (Lipinski definition) is 5. The number of hydrogen-bond donors (Lipinski definition) is 0. The predicted octanol–water partition coefficient (Wildman–Crippen LogP) is 3.94. The molecule has 0 radical (unpaired) electrons. The van der Waals surface area contributed by atoms with Crippen molar-refractivity contribution < 1.29 is 18.6 Å². The molecule has 0 unspecified atom stereocenters. The van der Waals surface area contributed by atoms with Crippen molar-refractivity contribution in [2.24, 2.45) is 0 Å². The first kappa shape index (κ1) is 16.1. The molecule has 1 aromatic heterocycles. The number of para-hydroxylation sites is 1. The Kier molecular flexibility index (Phi) is 4.44. The summed E-state index contributed by atoms with van der Waals surface area (Å²) in [5.74, 6) is 0.696. The lowest BCUT2D eigenvalue weighted by Crippen LogP contribution is -2.20. The Labute approximate surface area is 148 Å². The second kappa shape index (κ2) is 6.88. The number of halogens is 1. The van der Waals surface area contributed by atoms with Crippen molar-refractivity contribution in [1.29, 1.82) is 0 Å². The Morgan fingerprint density at radius 3 is 2.76 bits per heavy atom. The maximum atomic E-state index is 12.6. The Hall–Kier alpha value is -2.34. The van der Waals surface area contributed by atoms with Gasteiger partial charge in [0.1, 0.15) is 30.3 Å². The first-order valence-electron chi connectivity index (χ1n) is 7.86. The van der Waals surface area contributed by atoms with Gasteiger partial charge in [0.25, 0.3) is 0 Å². The lowest BCUT2D eigenvalue weighted by Gasteiger charge is -2.12. The fourth-order valence-electron chi connectivity index (χ4n) is 2.67. The highest BCUT2D eigenvalue weighted by molar-refractivity contribution is 6.30. The molecule has 0 spiro atoms. The monoisotopic (exact) mass is 358 g/mol. The van der Waals surface area contributed by atoms with Crippen LogP contribution in [0.4, 0.5) is 0 Å². The molecule has 4 rings (SSSR count). The summed E-state index contributed by atoms with van der Waals surface area (Å²) in [6.07, 6.45) is 0.379. The number of fused-ring (bicyclic) bond motifs is 1. The lowest BCUT2D eigenvalue weighted by atomic mass is 10.2. The molecule has 1 aliphatic heterocycles. The van der Waals surface area contributed by atoms with E-state index in [-0.39, 0.29) is 11.5 Å². The van der Waals surface area contributed by atoms with Gasteiger partial charge in [0.05, 0.1) is 17.6 Å². The third-order valence-corrected chi connectivity index (χ3v) is 4.21. The van der Waals surface area contributed by atoms with Crippen molar-refractivity contribution in [3.8, 4) is 5.75 Å². The minimum atomic E-state index is -0.750. The van der Waals surface area contributed by atoms with Gasteiger partial charge in [-0.1, -0.05) is 23.7 Å². The molecule has 1 fully saturated rings. The summed E-state index contributed by atoms with van der Waals surface area (Å²) >= 11 is 5.84. The molecule has 2 atom stereocenters. The highest BCUT2D eigenvalue weighted by Crippen LogP contribution is 2.27. The van der Waals surface area contributed by atoms with Gasteiger partial charge in [-0.25, -0.2) is 0 Å². The van der Waals surface area contributed by atoms with Gasteiger partial charge in [-0.3, -0.25) is 4.79 Å². The van der Waals surface area contributed by atoms with Crippen LogP contribution in [0.25, 0.3) is 11.0 Å². The van der Waals surface area contributed by atoms with E-state index < -0.39 is 6.29 Å². The van der Waals surface area contributed by atoms with Gasteiger partial charge < -0.3 is 18.6 Å². The van der Waals surface area contributed by atoms with E-state index >= 15 is 0 Å². The van der Waals surface area contributed by atoms with Gasteiger partial charge in [-0.2, -0.15) is 0 Å². The van der Waals surface area contributed by atoms with Crippen LogP contribution in [0.5, 0.6) is 5.75 Å². The normalized spacial score (nSPS) is 20.0. The van der Waals surface area contributed by atoms with Gasteiger partial charge in [0, 0.05) is 5.02 Å². The van der Waals surface area contributed by atoms with Crippen molar-refractivity contribution >= 4 is 22.6 Å². The SMILES string of the molecule is O=c1c([C@H]2OC[C@H](COc3ccc(Cl)cc3)O2)coc2ccccc12. The minimum Gasteiger partial charge on any atom is -0.491 e. The topological polar surface area (TPSA) is 57.9 Å². The lowest BCUT2D eigenvalue weighted by molar-refractivity contribution is -0.0673. The zero-order valence-electron chi connectivity index (χ0n) is 13.2. The fourth-order valence-corrected chi connectivity index (χ4v) is 2.80. The first-order chi connectivity index (χ1) is 12.2. The van der Waals surface area contributed by atoms with Crippen molar-refractivity contribution in [2.45, 2.75) is 12.4 Å². The van der Waals surface area contributed by atoms with E-state index in [0.717, 1.165) is 0 Å². The van der Waals surface area contributed by atoms with Gasteiger partial charge in [-0.05, 0) is 36.4 Å². The highest BCUT2D eigenvalue weighted by atomic mass is 35.5. The van der Waals surface area contributed by atoms with Crippen LogP contribution in [-0.2, 0) is 9.47 Å². The summed E-state index contributed by atoms with van der Waals surface area (Å²) in [5.41, 5.74) is 0.746. The summed E-state index contributed by atoms with van der Waals surface area (Å²) < 4.78 is 22.6. The molecule has 0 saturated carbocycles. The molecular formula is C19H15ClO5. The van der Waals surface area contributed by atoms with E-state index in [0.29, 0.717) is 40.5 Å². The molecule has 1 aliphatic rings. The molecule has 128 valence electrons. The van der Waals surface area contributed by atoms with Gasteiger partial charge in [-0.15, -0.1) is 0 Å². The van der Waals surface area contributed by atoms with Crippen LogP contribution in [0.3, 0.4) is 0 Å². The number of rotatable bonds is 4. The molecule has 0 aliphatic carbocycles. The van der Waals surface area contributed by atoms with Crippen LogP contribution in [-0.4, -0.2) is 19.3 Å². The van der Waals surface area contributed by atoms with E-state index in [1.807, 2.05) is 6.07 Å². The predicted molar refractivity (Wildman–Crippen MR) is 93.0 cm³/mol. The fraction of sp³-hybridized carbons (Fsp3) is 0.211. The largest absolute Gasteiger partial charge is 0.491 e. The van der Waals surface area contributed by atoms with Crippen molar-refractivity contribution in [2.75, 3.05) is 13.2 Å². The molecule has 5 nitrogen and oxygen atoms in total. The molecule has 0 amide bonds. The maximum absolute atomic E-state index is 12.6. The van der Waals surface area contributed by atoms with Crippen LogP contribution in [0.1, 0.15) is 11.9 Å². The second-order valence-electron chi connectivity index (χ2n) is 5.70. The third kappa shape index (κ3) is 3.39. The van der Waals surface area contributed by atoms with E-state index in [1.165, 1.54) is 6.26 Å². The summed E-state index contributed by atoms with van der Waals surface area (Å²) in [6, 6.07) is 14.2. The van der Waals surface area contributed by atoms with Crippen LogP contribution in [0.2, 0.25) is 5.02 Å². The zero-order valence-corrected chi connectivity index (χ0v) is 13.9. The quantitative estimate of drug-likeness (QED) is 0.707. The Morgan fingerprint density at radius 2 is 1.92 bits per heavy atom. The molecule has 2 heterocycles. The maximum Gasteiger partial charge on any atom is 0.200 e. The Bertz CT molecular complexity index is 934. The van der Waals surface area contributed by atoms with Gasteiger partial charge in [0.15, 0.2) is 6.29 Å². The molecule has 0 bridgehead atoms. The van der Waals surface area contributed by atoms with Crippen LogP contribution < -0.4 is 10.2 Å².